The number of hydrogen-bond donors (Lipinski definition) is 3. The highest BCUT2D eigenvalue weighted by Gasteiger charge is 2.43. The van der Waals surface area contributed by atoms with Gasteiger partial charge in [-0.15, -0.1) is 0 Å². The summed E-state index contributed by atoms with van der Waals surface area (Å²) in [4.78, 5) is 55.4. The number of benzene rings is 1. The molecule has 1 aliphatic carbocycles. The van der Waals surface area contributed by atoms with Gasteiger partial charge in [-0.25, -0.2) is 13.2 Å². The first kappa shape index (κ1) is 35.6. The monoisotopic (exact) mass is 650 g/mol. The van der Waals surface area contributed by atoms with E-state index in [4.69, 9.17) is 4.74 Å². The summed E-state index contributed by atoms with van der Waals surface area (Å²) in [5, 5.41) is 9.52. The molecule has 0 bridgehead atoms. The number of morpholine rings is 1. The van der Waals surface area contributed by atoms with Gasteiger partial charge in [0.1, 0.15) is 5.54 Å². The third kappa shape index (κ3) is 10.3. The lowest BCUT2D eigenvalue weighted by Crippen LogP contribution is -2.64. The second-order valence-electron chi connectivity index (χ2n) is 11.3. The van der Waals surface area contributed by atoms with Crippen molar-refractivity contribution >= 4 is 45.2 Å². The Kier molecular flexibility index (Phi) is 14.2. The van der Waals surface area contributed by atoms with Crippen LogP contribution in [0.4, 0.5) is 4.79 Å². The van der Waals surface area contributed by atoms with Crippen LogP contribution in [-0.2, 0) is 29.0 Å². The van der Waals surface area contributed by atoms with Crippen LogP contribution in [0.1, 0.15) is 64.7 Å². The minimum Gasteiger partial charge on any atom is -0.378 e. The van der Waals surface area contributed by atoms with E-state index in [2.05, 4.69) is 16.0 Å². The predicted molar refractivity (Wildman–Crippen MR) is 171 cm³/mol. The second kappa shape index (κ2) is 17.6. The third-order valence-corrected chi connectivity index (χ3v) is 10.1. The number of nitrogens with one attached hydrogen (secondary N) is 3. The van der Waals surface area contributed by atoms with Crippen molar-refractivity contribution < 1.29 is 32.3 Å². The molecule has 1 saturated carbocycles. The fourth-order valence-corrected chi connectivity index (χ4v) is 6.91. The van der Waals surface area contributed by atoms with E-state index in [-0.39, 0.29) is 17.3 Å². The topological polar surface area (TPSA) is 151 Å². The van der Waals surface area contributed by atoms with Gasteiger partial charge in [0.05, 0.1) is 24.2 Å². The van der Waals surface area contributed by atoms with Crippen molar-refractivity contribution in [2.45, 2.75) is 87.2 Å². The number of hydrogen-bond acceptors (Lipinski definition) is 8. The van der Waals surface area contributed by atoms with E-state index in [9.17, 15) is 27.6 Å². The Morgan fingerprint density at radius 2 is 1.70 bits per heavy atom. The highest BCUT2D eigenvalue weighted by molar-refractivity contribution is 7.98. The van der Waals surface area contributed by atoms with E-state index in [1.807, 2.05) is 13.2 Å². The standard InChI is InChI=1S/C31H46N4O7S2/c1-3-4-13-26(33-29(38)31(16-9-6-10-17-31)34-30(39)35-18-20-42-21-19-35)27(36)28(37)32-24(14-22-43-2)15-23-44(40,41)25-11-7-5-8-12-25/h5,7-8,11-12,15,23-24,26H,3-4,6,9-10,13-14,16-22H2,1-2H3,(H,32,37)(H,33,38)(H,34,39)/t24?,26-/m0/s1. The molecule has 1 aromatic rings. The second-order valence-corrected chi connectivity index (χ2v) is 14.1. The van der Waals surface area contributed by atoms with Gasteiger partial charge in [-0.2, -0.15) is 11.8 Å². The lowest BCUT2D eigenvalue weighted by molar-refractivity contribution is -0.141. The Morgan fingerprint density at radius 3 is 2.34 bits per heavy atom. The SMILES string of the molecule is CCCC[C@H](NC(=O)C1(NC(=O)N2CCOCC2)CCCCC1)C(=O)C(=O)NC(C=CS(=O)(=O)c1ccccc1)CCSC. The Hall–Kier alpha value is -2.90. The number of rotatable bonds is 15. The van der Waals surface area contributed by atoms with Gasteiger partial charge in [0.15, 0.2) is 9.84 Å². The number of amides is 4. The number of thioether (sulfide) groups is 1. The van der Waals surface area contributed by atoms with Crippen molar-refractivity contribution in [1.29, 1.82) is 0 Å². The zero-order chi connectivity index (χ0) is 32.0. The molecule has 11 nitrogen and oxygen atoms in total. The largest absolute Gasteiger partial charge is 0.378 e. The molecular weight excluding hydrogens is 604 g/mol. The molecule has 2 fully saturated rings. The van der Waals surface area contributed by atoms with E-state index < -0.39 is 45.1 Å². The average molecular weight is 651 g/mol. The first-order chi connectivity index (χ1) is 21.1. The predicted octanol–water partition coefficient (Wildman–Crippen LogP) is 3.20. The van der Waals surface area contributed by atoms with Crippen molar-refractivity contribution in [3.05, 3.63) is 41.8 Å². The van der Waals surface area contributed by atoms with Crippen molar-refractivity contribution in [2.24, 2.45) is 0 Å². The first-order valence-electron chi connectivity index (χ1n) is 15.4. The van der Waals surface area contributed by atoms with Gasteiger partial charge in [-0.05, 0) is 49.8 Å². The Morgan fingerprint density at radius 1 is 1.02 bits per heavy atom. The molecule has 4 amide bonds. The van der Waals surface area contributed by atoms with Crippen LogP contribution in [0, 0.1) is 0 Å². The van der Waals surface area contributed by atoms with Crippen LogP contribution in [-0.4, -0.2) is 92.9 Å². The molecule has 0 radical (unpaired) electrons. The molecule has 2 atom stereocenters. The quantitative estimate of drug-likeness (QED) is 0.245. The Balaban J connectivity index is 1.74. The maximum Gasteiger partial charge on any atom is 0.318 e. The molecule has 1 heterocycles. The third-order valence-electron chi connectivity index (χ3n) is 7.99. The molecule has 1 saturated heterocycles. The zero-order valence-corrected chi connectivity index (χ0v) is 27.4. The van der Waals surface area contributed by atoms with Crippen LogP contribution in [0.2, 0.25) is 0 Å². The number of carbonyl (C=O) groups excluding carboxylic acids is 4. The number of sulfone groups is 1. The van der Waals surface area contributed by atoms with Gasteiger partial charge >= 0.3 is 6.03 Å². The minimum absolute atomic E-state index is 0.127. The number of Topliss-reactive ketones (excluding diaryl/α,β-unsaturated/α-hetero) is 1. The average Bonchev–Trinajstić information content (AvgIpc) is 3.05. The molecule has 13 heteroatoms. The van der Waals surface area contributed by atoms with Crippen LogP contribution < -0.4 is 16.0 Å². The summed E-state index contributed by atoms with van der Waals surface area (Å²) in [6.45, 7) is 3.67. The fraction of sp³-hybridized carbons (Fsp3) is 0.613. The number of ketones is 1. The summed E-state index contributed by atoms with van der Waals surface area (Å²) in [7, 11) is -3.74. The van der Waals surface area contributed by atoms with Gasteiger partial charge in [0.2, 0.25) is 11.7 Å². The zero-order valence-electron chi connectivity index (χ0n) is 25.7. The van der Waals surface area contributed by atoms with Crippen molar-refractivity contribution in [2.75, 3.05) is 38.3 Å². The molecule has 44 heavy (non-hydrogen) atoms. The molecular formula is C31H46N4O7S2. The molecule has 2 aliphatic rings. The molecule has 3 N–H and O–H groups in total. The highest BCUT2D eigenvalue weighted by Crippen LogP contribution is 2.29. The number of urea groups is 1. The molecule has 1 unspecified atom stereocenters. The molecule has 0 aromatic heterocycles. The highest BCUT2D eigenvalue weighted by atomic mass is 32.2. The van der Waals surface area contributed by atoms with Crippen molar-refractivity contribution in [1.82, 2.24) is 20.9 Å². The van der Waals surface area contributed by atoms with Crippen LogP contribution >= 0.6 is 11.8 Å². The van der Waals surface area contributed by atoms with E-state index in [1.54, 1.807) is 23.1 Å². The summed E-state index contributed by atoms with van der Waals surface area (Å²) in [5.74, 6) is -1.54. The fourth-order valence-electron chi connectivity index (χ4n) is 5.33. The van der Waals surface area contributed by atoms with Gasteiger partial charge in [-0.3, -0.25) is 14.4 Å². The van der Waals surface area contributed by atoms with E-state index >= 15 is 0 Å². The van der Waals surface area contributed by atoms with E-state index in [1.165, 1.54) is 30.0 Å². The van der Waals surface area contributed by atoms with Crippen LogP contribution in [0.25, 0.3) is 0 Å². The number of ether oxygens (including phenoxy) is 1. The van der Waals surface area contributed by atoms with Crippen LogP contribution in [0.3, 0.4) is 0 Å². The summed E-state index contributed by atoms with van der Waals surface area (Å²) in [6.07, 6.45) is 8.61. The number of nitrogens with zero attached hydrogens (tertiary/aromatic N) is 1. The van der Waals surface area contributed by atoms with Gasteiger partial charge in [-0.1, -0.05) is 63.3 Å². The smallest absolute Gasteiger partial charge is 0.318 e. The molecule has 244 valence electrons. The summed E-state index contributed by atoms with van der Waals surface area (Å²) >= 11 is 1.53. The maximum atomic E-state index is 13.8. The van der Waals surface area contributed by atoms with Gasteiger partial charge < -0.3 is 25.6 Å². The summed E-state index contributed by atoms with van der Waals surface area (Å²) < 4.78 is 30.9. The minimum atomic E-state index is -3.74. The molecule has 1 aromatic carbocycles. The number of carbonyl (C=O) groups is 4. The van der Waals surface area contributed by atoms with Crippen molar-refractivity contribution in [3.8, 4) is 0 Å². The first-order valence-corrected chi connectivity index (χ1v) is 18.3. The molecule has 0 spiro atoms. The molecule has 1 aliphatic heterocycles. The lowest BCUT2D eigenvalue weighted by Gasteiger charge is -2.39. The normalized spacial score (nSPS) is 18.3. The van der Waals surface area contributed by atoms with Crippen LogP contribution in [0.5, 0.6) is 0 Å². The maximum absolute atomic E-state index is 13.8. The van der Waals surface area contributed by atoms with E-state index in [0.717, 1.165) is 31.1 Å². The Bertz CT molecular complexity index is 1240. The molecule has 3 rings (SSSR count). The van der Waals surface area contributed by atoms with E-state index in [0.29, 0.717) is 57.7 Å². The van der Waals surface area contributed by atoms with Gasteiger partial charge in [0, 0.05) is 24.5 Å². The number of unbranched alkanes of at least 4 members (excludes halogenated alkanes) is 1. The summed E-state index contributed by atoms with van der Waals surface area (Å²) in [5.41, 5.74) is -1.18. The Labute approximate surface area is 265 Å². The van der Waals surface area contributed by atoms with Gasteiger partial charge in [0.25, 0.3) is 5.91 Å². The summed E-state index contributed by atoms with van der Waals surface area (Å²) in [6, 6.07) is 5.82. The van der Waals surface area contributed by atoms with Crippen LogP contribution in [0.15, 0.2) is 46.7 Å². The van der Waals surface area contributed by atoms with Crippen molar-refractivity contribution in [3.63, 3.8) is 0 Å². The lowest BCUT2D eigenvalue weighted by atomic mass is 9.80.